The monoisotopic (exact) mass is 580 g/mol. The molecule has 6 rings (SSSR count). The van der Waals surface area contributed by atoms with E-state index in [4.69, 9.17) is 16.3 Å². The van der Waals surface area contributed by atoms with Gasteiger partial charge in [0.25, 0.3) is 0 Å². The number of amides is 1. The maximum atomic E-state index is 15.1. The molecule has 0 radical (unpaired) electrons. The Hall–Kier alpha value is -4.25. The molecule has 9 nitrogen and oxygen atoms in total. The average Bonchev–Trinajstić information content (AvgIpc) is 3.45. The fourth-order valence-corrected chi connectivity index (χ4v) is 6.14. The van der Waals surface area contributed by atoms with E-state index in [1.54, 1.807) is 34.3 Å². The summed E-state index contributed by atoms with van der Waals surface area (Å²) in [6.45, 7) is 8.76. The van der Waals surface area contributed by atoms with Crippen LogP contribution in [0.5, 0.6) is 5.75 Å². The van der Waals surface area contributed by atoms with Gasteiger partial charge in [-0.25, -0.2) is 18.6 Å². The van der Waals surface area contributed by atoms with Crippen LogP contribution in [-0.2, 0) is 11.3 Å². The lowest BCUT2D eigenvalue weighted by molar-refractivity contribution is -0.128. The fraction of sp³-hybridized carbons (Fsp3) is 0.310. The molecule has 0 spiro atoms. The molecule has 2 aliphatic heterocycles. The second kappa shape index (κ2) is 10.3. The zero-order chi connectivity index (χ0) is 29.0. The molecule has 4 heterocycles. The maximum absolute atomic E-state index is 15.1. The van der Waals surface area contributed by atoms with Crippen LogP contribution in [-0.4, -0.2) is 61.7 Å². The summed E-state index contributed by atoms with van der Waals surface area (Å²) in [7, 11) is 0. The molecule has 0 N–H and O–H groups in total. The van der Waals surface area contributed by atoms with E-state index >= 15 is 4.39 Å². The number of rotatable bonds is 5. The molecule has 0 unspecified atom stereocenters. The molecule has 0 saturated carbocycles. The number of ether oxygens (including phenoxy) is 1. The molecule has 212 valence electrons. The fourth-order valence-electron chi connectivity index (χ4n) is 5.84. The van der Waals surface area contributed by atoms with Crippen molar-refractivity contribution in [3.05, 3.63) is 82.8 Å². The highest BCUT2D eigenvalue weighted by Crippen LogP contribution is 2.47. The van der Waals surface area contributed by atoms with Crippen molar-refractivity contribution in [2.24, 2.45) is 0 Å². The number of anilines is 1. The van der Waals surface area contributed by atoms with E-state index in [9.17, 15) is 14.0 Å². The number of carbonyl (C=O) groups excluding carboxylic acids is 1. The van der Waals surface area contributed by atoms with E-state index in [1.807, 2.05) is 23.3 Å². The van der Waals surface area contributed by atoms with Crippen LogP contribution in [0, 0.1) is 11.6 Å². The molecular formula is C29H27ClF2N6O3. The summed E-state index contributed by atoms with van der Waals surface area (Å²) in [4.78, 5) is 38.6. The molecule has 2 aromatic heterocycles. The van der Waals surface area contributed by atoms with E-state index in [2.05, 4.69) is 16.5 Å². The summed E-state index contributed by atoms with van der Waals surface area (Å²) in [6, 6.07) is 4.07. The Balaban J connectivity index is 1.58. The Bertz CT molecular complexity index is 1740. The average molecular weight is 581 g/mol. The Morgan fingerprint density at radius 3 is 2.73 bits per heavy atom. The van der Waals surface area contributed by atoms with Gasteiger partial charge in [-0.2, -0.15) is 4.98 Å². The second-order valence-electron chi connectivity index (χ2n) is 10.4. The lowest BCUT2D eigenvalue weighted by atomic mass is 9.99. The van der Waals surface area contributed by atoms with Crippen molar-refractivity contribution in [3.8, 4) is 16.9 Å². The summed E-state index contributed by atoms with van der Waals surface area (Å²) in [5.41, 5.74) is 0.200. The van der Waals surface area contributed by atoms with Crippen LogP contribution < -0.4 is 15.3 Å². The third-order valence-electron chi connectivity index (χ3n) is 7.78. The topological polar surface area (TPSA) is 85.5 Å². The summed E-state index contributed by atoms with van der Waals surface area (Å²) in [5.74, 6) is -1.08. The van der Waals surface area contributed by atoms with Gasteiger partial charge in [0.05, 0.1) is 22.9 Å². The van der Waals surface area contributed by atoms with Crippen LogP contribution in [0.25, 0.3) is 22.0 Å². The second-order valence-corrected chi connectivity index (χ2v) is 10.8. The van der Waals surface area contributed by atoms with Crippen molar-refractivity contribution >= 4 is 34.2 Å². The van der Waals surface area contributed by atoms with Crippen LogP contribution in [0.1, 0.15) is 19.9 Å². The van der Waals surface area contributed by atoms with Gasteiger partial charge in [0.15, 0.2) is 5.75 Å². The van der Waals surface area contributed by atoms with Gasteiger partial charge in [-0.05, 0) is 38.1 Å². The van der Waals surface area contributed by atoms with Crippen molar-refractivity contribution in [1.29, 1.82) is 0 Å². The SMILES string of the molecule is C=CC(=O)N1C[C@H](C)N(c2nc(=O)n3c4c(c(-c5ccc(F)cc5F)c(Cl)cc24)OC[C@@H]3Cn2ccnc2)C[C@H]1C. The number of aromatic nitrogens is 4. The lowest BCUT2D eigenvalue weighted by Gasteiger charge is -2.45. The number of carbonyl (C=O) groups is 1. The number of hydrogen-bond donors (Lipinski definition) is 0. The third kappa shape index (κ3) is 4.54. The molecule has 0 aliphatic carbocycles. The highest BCUT2D eigenvalue weighted by molar-refractivity contribution is 6.35. The van der Waals surface area contributed by atoms with Crippen molar-refractivity contribution in [1.82, 2.24) is 24.0 Å². The molecule has 0 bridgehead atoms. The first-order valence-electron chi connectivity index (χ1n) is 13.2. The van der Waals surface area contributed by atoms with Gasteiger partial charge in [-0.15, -0.1) is 0 Å². The molecule has 3 atom stereocenters. The summed E-state index contributed by atoms with van der Waals surface area (Å²) < 4.78 is 38.5. The molecule has 1 amide bonds. The zero-order valence-corrected chi connectivity index (χ0v) is 23.2. The van der Waals surface area contributed by atoms with Gasteiger partial charge in [0.1, 0.15) is 24.1 Å². The standard InChI is InChI=1S/C29H27ClF2N6O3/c1-4-24(39)36-11-17(3)37(12-16(36)2)28-21-10-22(30)25(20-6-5-18(31)9-23(20)32)27-26(21)38(29(40)34-28)19(14-41-27)13-35-8-7-33-15-35/h4-10,15-17,19H,1,11-14H2,2-3H3/t16-,17+,19+/m1/s1. The van der Waals surface area contributed by atoms with Crippen molar-refractivity contribution in [3.63, 3.8) is 0 Å². The number of piperazine rings is 1. The zero-order valence-electron chi connectivity index (χ0n) is 22.4. The maximum Gasteiger partial charge on any atom is 0.350 e. The Labute approximate surface area is 239 Å². The first kappa shape index (κ1) is 26.9. The van der Waals surface area contributed by atoms with E-state index in [-0.39, 0.29) is 46.5 Å². The Morgan fingerprint density at radius 2 is 2.02 bits per heavy atom. The predicted molar refractivity (Wildman–Crippen MR) is 151 cm³/mol. The smallest absolute Gasteiger partial charge is 0.350 e. The molecule has 1 fully saturated rings. The number of hydrogen-bond acceptors (Lipinski definition) is 6. The van der Waals surface area contributed by atoms with Crippen LogP contribution in [0.4, 0.5) is 14.6 Å². The Morgan fingerprint density at radius 1 is 1.22 bits per heavy atom. The molecule has 2 aromatic carbocycles. The van der Waals surface area contributed by atoms with Gasteiger partial charge in [-0.1, -0.05) is 18.2 Å². The number of benzene rings is 2. The summed E-state index contributed by atoms with van der Waals surface area (Å²) >= 11 is 6.81. The van der Waals surface area contributed by atoms with Crippen LogP contribution in [0.15, 0.2) is 60.4 Å². The van der Waals surface area contributed by atoms with Gasteiger partial charge < -0.3 is 19.1 Å². The highest BCUT2D eigenvalue weighted by Gasteiger charge is 2.36. The first-order valence-corrected chi connectivity index (χ1v) is 13.6. The largest absolute Gasteiger partial charge is 0.488 e. The highest BCUT2D eigenvalue weighted by atomic mass is 35.5. The van der Waals surface area contributed by atoms with Gasteiger partial charge in [0.2, 0.25) is 5.91 Å². The van der Waals surface area contributed by atoms with Gasteiger partial charge in [0, 0.05) is 66.7 Å². The third-order valence-corrected chi connectivity index (χ3v) is 8.08. The van der Waals surface area contributed by atoms with Crippen LogP contribution in [0.3, 0.4) is 0 Å². The lowest BCUT2D eigenvalue weighted by Crippen LogP contribution is -2.58. The number of halogens is 3. The Kier molecular flexibility index (Phi) is 6.77. The summed E-state index contributed by atoms with van der Waals surface area (Å²) in [5, 5.41) is 0.717. The molecule has 12 heteroatoms. The minimum atomic E-state index is -0.805. The quantitative estimate of drug-likeness (QED) is 0.325. The van der Waals surface area contributed by atoms with E-state index in [1.165, 1.54) is 12.1 Å². The van der Waals surface area contributed by atoms with Crippen molar-refractivity contribution < 1.29 is 18.3 Å². The van der Waals surface area contributed by atoms with Gasteiger partial charge in [-0.3, -0.25) is 9.36 Å². The summed E-state index contributed by atoms with van der Waals surface area (Å²) in [6.07, 6.45) is 6.37. The number of nitrogens with zero attached hydrogens (tertiary/aromatic N) is 6. The first-order chi connectivity index (χ1) is 19.7. The molecular weight excluding hydrogens is 554 g/mol. The van der Waals surface area contributed by atoms with Crippen LogP contribution >= 0.6 is 11.6 Å². The van der Waals surface area contributed by atoms with E-state index in [0.29, 0.717) is 36.4 Å². The van der Waals surface area contributed by atoms with Crippen molar-refractivity contribution in [2.75, 3.05) is 24.6 Å². The van der Waals surface area contributed by atoms with Crippen molar-refractivity contribution in [2.45, 2.75) is 38.5 Å². The minimum Gasteiger partial charge on any atom is -0.488 e. The van der Waals surface area contributed by atoms with E-state index < -0.39 is 23.4 Å². The van der Waals surface area contributed by atoms with Crippen LogP contribution in [0.2, 0.25) is 5.02 Å². The predicted octanol–water partition coefficient (Wildman–Crippen LogP) is 4.44. The van der Waals surface area contributed by atoms with Gasteiger partial charge >= 0.3 is 5.69 Å². The molecule has 41 heavy (non-hydrogen) atoms. The number of imidazole rings is 1. The molecule has 4 aromatic rings. The minimum absolute atomic E-state index is 0.0530. The molecule has 2 aliphatic rings. The normalized spacial score (nSPS) is 20.3. The van der Waals surface area contributed by atoms with E-state index in [0.717, 1.165) is 12.1 Å². The molecule has 1 saturated heterocycles.